The second-order valence-corrected chi connectivity index (χ2v) is 8.79. The molecule has 0 aliphatic carbocycles. The Hall–Kier alpha value is -3.90. The van der Waals surface area contributed by atoms with Crippen molar-refractivity contribution in [1.82, 2.24) is 9.80 Å². The van der Waals surface area contributed by atoms with Crippen LogP contribution in [-0.2, 0) is 9.59 Å². The lowest BCUT2D eigenvalue weighted by molar-refractivity contribution is -0.123. The molecule has 0 spiro atoms. The molecule has 190 valence electrons. The van der Waals surface area contributed by atoms with Gasteiger partial charge in [-0.1, -0.05) is 0 Å². The molecular weight excluding hydrogens is 460 g/mol. The smallest absolute Gasteiger partial charge is 0.290 e. The fourth-order valence-electron chi connectivity index (χ4n) is 4.49. The summed E-state index contributed by atoms with van der Waals surface area (Å²) < 4.78 is 5.88. The van der Waals surface area contributed by atoms with Crippen molar-refractivity contribution in [3.05, 3.63) is 59.7 Å². The summed E-state index contributed by atoms with van der Waals surface area (Å²) in [5.41, 5.74) is 1.79. The van der Waals surface area contributed by atoms with Crippen molar-refractivity contribution in [1.29, 1.82) is 5.26 Å². The van der Waals surface area contributed by atoms with E-state index < -0.39 is 0 Å². The molecule has 2 aromatic carbocycles. The van der Waals surface area contributed by atoms with Gasteiger partial charge in [0.15, 0.2) is 0 Å². The van der Waals surface area contributed by atoms with Gasteiger partial charge in [-0.3, -0.25) is 14.4 Å². The minimum atomic E-state index is -0.250. The Bertz CT molecular complexity index is 1070. The predicted molar refractivity (Wildman–Crippen MR) is 135 cm³/mol. The highest BCUT2D eigenvalue weighted by atomic mass is 16.5. The molecule has 0 radical (unpaired) electrons. The SMILES string of the molecule is C[C@@H]1CCCN1CCCOc1ccc(N2CCN(C(=O)c3ccc(C#N)cc3)CC2=O)cc1.O=CO. The molecule has 4 rings (SSSR count). The van der Waals surface area contributed by atoms with Crippen molar-refractivity contribution < 1.29 is 24.2 Å². The second kappa shape index (κ2) is 13.3. The van der Waals surface area contributed by atoms with Crippen molar-refractivity contribution in [2.45, 2.75) is 32.2 Å². The number of hydrogen-bond acceptors (Lipinski definition) is 6. The van der Waals surface area contributed by atoms with Crippen molar-refractivity contribution >= 4 is 24.0 Å². The standard InChI is InChI=1S/C26H30N4O3.CH2O2/c1-20-4-2-13-28(20)14-3-17-33-24-11-9-23(10-12-24)30-16-15-29(19-25(30)31)26(32)22-7-5-21(18-27)6-8-22;2-1-3/h5-12,20H,2-4,13-17,19H2,1H3;1H,(H,2,3)/t20-;/m1./s1. The molecule has 0 aromatic heterocycles. The van der Waals surface area contributed by atoms with Crippen molar-refractivity contribution in [2.24, 2.45) is 0 Å². The molecule has 1 N–H and O–H groups in total. The van der Waals surface area contributed by atoms with Gasteiger partial charge >= 0.3 is 0 Å². The van der Waals surface area contributed by atoms with Crippen LogP contribution >= 0.6 is 0 Å². The Labute approximate surface area is 211 Å². The van der Waals surface area contributed by atoms with Crippen LogP contribution in [0.25, 0.3) is 0 Å². The summed E-state index contributed by atoms with van der Waals surface area (Å²) in [5.74, 6) is 0.492. The predicted octanol–water partition coefficient (Wildman–Crippen LogP) is 3.00. The fourth-order valence-corrected chi connectivity index (χ4v) is 4.49. The third kappa shape index (κ3) is 7.06. The van der Waals surface area contributed by atoms with E-state index in [9.17, 15) is 9.59 Å². The molecule has 2 aliphatic heterocycles. The minimum Gasteiger partial charge on any atom is -0.494 e. The monoisotopic (exact) mass is 492 g/mol. The number of nitriles is 1. The van der Waals surface area contributed by atoms with Crippen molar-refractivity contribution in [3.63, 3.8) is 0 Å². The number of rotatable bonds is 7. The third-order valence-corrected chi connectivity index (χ3v) is 6.47. The summed E-state index contributed by atoms with van der Waals surface area (Å²) in [6.07, 6.45) is 3.58. The third-order valence-electron chi connectivity index (χ3n) is 6.47. The van der Waals surface area contributed by atoms with Crippen LogP contribution in [0.4, 0.5) is 5.69 Å². The average Bonchev–Trinajstić information content (AvgIpc) is 3.31. The highest BCUT2D eigenvalue weighted by molar-refractivity contribution is 6.01. The molecule has 1 atom stereocenters. The zero-order valence-corrected chi connectivity index (χ0v) is 20.5. The maximum absolute atomic E-state index is 12.7. The fraction of sp³-hybridized carbons (Fsp3) is 0.407. The Morgan fingerprint density at radius 3 is 2.42 bits per heavy atom. The van der Waals surface area contributed by atoms with E-state index in [0.717, 1.165) is 24.4 Å². The van der Waals surface area contributed by atoms with Gasteiger partial charge in [-0.25, -0.2) is 0 Å². The molecule has 9 heteroatoms. The Balaban J connectivity index is 0.00000115. The number of benzene rings is 2. The average molecular weight is 493 g/mol. The van der Waals surface area contributed by atoms with Gasteiger partial charge < -0.3 is 24.5 Å². The summed E-state index contributed by atoms with van der Waals surface area (Å²) in [7, 11) is 0. The number of carbonyl (C=O) groups excluding carboxylic acids is 2. The largest absolute Gasteiger partial charge is 0.494 e. The number of amides is 2. The lowest BCUT2D eigenvalue weighted by atomic mass is 10.1. The van der Waals surface area contributed by atoms with E-state index in [1.165, 1.54) is 19.4 Å². The van der Waals surface area contributed by atoms with Crippen LogP contribution in [0.3, 0.4) is 0 Å². The highest BCUT2D eigenvalue weighted by Crippen LogP contribution is 2.22. The van der Waals surface area contributed by atoms with Crippen molar-refractivity contribution in [3.8, 4) is 11.8 Å². The van der Waals surface area contributed by atoms with Crippen LogP contribution < -0.4 is 9.64 Å². The Morgan fingerprint density at radius 1 is 1.14 bits per heavy atom. The van der Waals surface area contributed by atoms with Gasteiger partial charge in [0.2, 0.25) is 5.91 Å². The molecule has 36 heavy (non-hydrogen) atoms. The molecule has 2 saturated heterocycles. The number of piperazine rings is 1. The number of anilines is 1. The van der Waals surface area contributed by atoms with E-state index in [1.54, 1.807) is 34.1 Å². The molecule has 2 fully saturated rings. The number of carbonyl (C=O) groups is 3. The zero-order valence-electron chi connectivity index (χ0n) is 20.5. The van der Waals surface area contributed by atoms with Crippen molar-refractivity contribution in [2.75, 3.05) is 44.2 Å². The maximum atomic E-state index is 12.7. The van der Waals surface area contributed by atoms with E-state index in [1.807, 2.05) is 30.3 Å². The Morgan fingerprint density at radius 2 is 1.83 bits per heavy atom. The molecule has 0 bridgehead atoms. The summed E-state index contributed by atoms with van der Waals surface area (Å²) >= 11 is 0. The normalized spacial score (nSPS) is 17.7. The number of hydrogen-bond donors (Lipinski definition) is 1. The maximum Gasteiger partial charge on any atom is 0.290 e. The molecule has 2 heterocycles. The molecule has 0 unspecified atom stereocenters. The summed E-state index contributed by atoms with van der Waals surface area (Å²) in [6.45, 7) is 5.91. The molecular formula is C27H32N4O5. The highest BCUT2D eigenvalue weighted by Gasteiger charge is 2.28. The van der Waals surface area contributed by atoms with Gasteiger partial charge in [0.05, 0.1) is 18.2 Å². The van der Waals surface area contributed by atoms with Crippen LogP contribution in [0.1, 0.15) is 42.1 Å². The van der Waals surface area contributed by atoms with Gasteiger partial charge in [-0.2, -0.15) is 5.26 Å². The van der Waals surface area contributed by atoms with E-state index in [-0.39, 0.29) is 24.8 Å². The van der Waals surface area contributed by atoms with E-state index in [0.29, 0.717) is 36.9 Å². The minimum absolute atomic E-state index is 0.0337. The van der Waals surface area contributed by atoms with Gasteiger partial charge in [0.1, 0.15) is 12.3 Å². The molecule has 2 aromatic rings. The van der Waals surface area contributed by atoms with E-state index in [4.69, 9.17) is 19.9 Å². The lowest BCUT2D eigenvalue weighted by Gasteiger charge is -2.34. The molecule has 0 saturated carbocycles. The van der Waals surface area contributed by atoms with Crippen LogP contribution in [0.5, 0.6) is 5.75 Å². The van der Waals surface area contributed by atoms with Crippen LogP contribution in [0.2, 0.25) is 0 Å². The Kier molecular flexibility index (Phi) is 9.83. The van der Waals surface area contributed by atoms with Crippen LogP contribution in [-0.4, -0.2) is 78.6 Å². The lowest BCUT2D eigenvalue weighted by Crippen LogP contribution is -2.52. The van der Waals surface area contributed by atoms with Gasteiger partial charge in [0, 0.05) is 36.9 Å². The van der Waals surface area contributed by atoms with E-state index in [2.05, 4.69) is 11.8 Å². The van der Waals surface area contributed by atoms with Crippen LogP contribution in [0, 0.1) is 11.3 Å². The first kappa shape index (κ1) is 26.7. The van der Waals surface area contributed by atoms with Crippen LogP contribution in [0.15, 0.2) is 48.5 Å². The number of nitrogens with zero attached hydrogens (tertiary/aromatic N) is 4. The summed E-state index contributed by atoms with van der Waals surface area (Å²) in [5, 5.41) is 15.8. The summed E-state index contributed by atoms with van der Waals surface area (Å²) in [4.78, 5) is 39.6. The van der Waals surface area contributed by atoms with Gasteiger partial charge in [-0.05, 0) is 81.3 Å². The topological polar surface area (TPSA) is 114 Å². The quantitative estimate of drug-likeness (QED) is 0.467. The number of carboxylic acid groups (broad SMARTS) is 1. The molecule has 2 amide bonds. The first-order chi connectivity index (χ1) is 17.5. The molecule has 2 aliphatic rings. The van der Waals surface area contributed by atoms with Gasteiger partial charge in [-0.15, -0.1) is 0 Å². The number of likely N-dealkylation sites (tertiary alicyclic amines) is 1. The zero-order chi connectivity index (χ0) is 25.9. The first-order valence-electron chi connectivity index (χ1n) is 12.1. The van der Waals surface area contributed by atoms with Gasteiger partial charge in [0.25, 0.3) is 12.4 Å². The second-order valence-electron chi connectivity index (χ2n) is 8.79. The summed E-state index contributed by atoms with van der Waals surface area (Å²) in [6, 6.07) is 16.8. The number of ether oxygens (including phenoxy) is 1. The first-order valence-corrected chi connectivity index (χ1v) is 12.1. The molecule has 9 nitrogen and oxygen atoms in total. The van der Waals surface area contributed by atoms with E-state index >= 15 is 0 Å².